The van der Waals surface area contributed by atoms with Crippen molar-refractivity contribution in [1.82, 2.24) is 19.5 Å². The van der Waals surface area contributed by atoms with E-state index < -0.39 is 5.54 Å². The Morgan fingerprint density at radius 3 is 2.41 bits per heavy atom. The molecule has 3 atom stereocenters. The number of aromatic nitrogens is 3. The van der Waals surface area contributed by atoms with Crippen LogP contribution >= 0.6 is 23.2 Å². The molecule has 0 bridgehead atoms. The lowest BCUT2D eigenvalue weighted by atomic mass is 10.0. The number of aryl methyl sites for hydroxylation is 1. The summed E-state index contributed by atoms with van der Waals surface area (Å²) in [6.07, 6.45) is 0. The summed E-state index contributed by atoms with van der Waals surface area (Å²) in [5.74, 6) is 1.07. The number of ether oxygens (including phenoxy) is 1. The minimum atomic E-state index is -0.581. The first kappa shape index (κ1) is 24.8. The van der Waals surface area contributed by atoms with Crippen molar-refractivity contribution in [2.75, 3.05) is 44.3 Å². The van der Waals surface area contributed by atoms with Crippen LogP contribution in [0.15, 0.2) is 54.6 Å². The number of fused-ring (bicyclic) bond motifs is 2. The molecule has 0 radical (unpaired) electrons. The summed E-state index contributed by atoms with van der Waals surface area (Å²) in [7, 11) is 0. The van der Waals surface area contributed by atoms with E-state index >= 15 is 0 Å². The van der Waals surface area contributed by atoms with E-state index in [-0.39, 0.29) is 17.7 Å². The third kappa shape index (κ3) is 3.77. The largest absolute Gasteiger partial charge is 0.379 e. The van der Waals surface area contributed by atoms with Crippen molar-refractivity contribution in [1.29, 1.82) is 0 Å². The van der Waals surface area contributed by atoms with Gasteiger partial charge in [-0.25, -0.2) is 4.98 Å². The molecule has 4 aromatic rings. The molecule has 4 heterocycles. The third-order valence-electron chi connectivity index (χ3n) is 8.55. The van der Waals surface area contributed by atoms with Crippen LogP contribution in [0.1, 0.15) is 5.69 Å². The van der Waals surface area contributed by atoms with Crippen molar-refractivity contribution < 1.29 is 9.53 Å². The number of benzene rings is 2. The van der Waals surface area contributed by atoms with Crippen molar-refractivity contribution in [3.05, 3.63) is 70.3 Å². The van der Waals surface area contributed by atoms with E-state index in [4.69, 9.17) is 43.8 Å². The lowest BCUT2D eigenvalue weighted by Crippen LogP contribution is -2.56. The van der Waals surface area contributed by atoms with Crippen molar-refractivity contribution in [3.8, 4) is 22.4 Å². The summed E-state index contributed by atoms with van der Waals surface area (Å²) in [6.45, 7) is 6.18. The molecule has 1 saturated carbocycles. The average Bonchev–Trinajstić information content (AvgIpc) is 3.20. The number of amides is 1. The Hall–Kier alpha value is -3.17. The highest BCUT2D eigenvalue weighted by Gasteiger charge is 2.74. The number of halogens is 2. The molecule has 0 spiro atoms. The van der Waals surface area contributed by atoms with Crippen LogP contribution in [0.5, 0.6) is 0 Å². The fourth-order valence-electron chi connectivity index (χ4n) is 6.78. The predicted molar refractivity (Wildman–Crippen MR) is 152 cm³/mol. The molecular formula is C29H28Cl2N6O2. The molecule has 2 aromatic heterocycles. The first-order valence-corrected chi connectivity index (χ1v) is 13.9. The van der Waals surface area contributed by atoms with Crippen LogP contribution < -0.4 is 10.6 Å². The zero-order valence-corrected chi connectivity index (χ0v) is 23.0. The molecule has 1 aliphatic carbocycles. The lowest BCUT2D eigenvalue weighted by Gasteiger charge is -2.37. The first-order valence-electron chi connectivity index (χ1n) is 13.2. The number of morpholine rings is 1. The van der Waals surface area contributed by atoms with Crippen molar-refractivity contribution >= 4 is 40.6 Å². The summed E-state index contributed by atoms with van der Waals surface area (Å²) in [5.41, 5.74) is 10.5. The standard InChI is InChI=1S/C29H28Cl2N6O2/c1-17-14-24(35-15-21-22(16-35)29(21,28(32)38)36-10-12-39-13-11-36)37-27(33-17)25(18-6-8-19(30)9-7-18)26(34-37)20-4-2-3-5-23(20)31/h2-9,14,21-22H,10-13,15-16H2,1H3,(H2,32,38)/t21-,22+,29-. The molecule has 10 heteroatoms. The van der Waals surface area contributed by atoms with Gasteiger partial charge in [-0.2, -0.15) is 9.61 Å². The van der Waals surface area contributed by atoms with Crippen LogP contribution in [-0.2, 0) is 9.53 Å². The van der Waals surface area contributed by atoms with Gasteiger partial charge in [-0.1, -0.05) is 53.5 Å². The molecular weight excluding hydrogens is 535 g/mol. The number of anilines is 1. The Kier molecular flexibility index (Phi) is 5.86. The number of nitrogens with zero attached hydrogens (tertiary/aromatic N) is 5. The number of piperidine rings is 1. The molecule has 2 aliphatic heterocycles. The van der Waals surface area contributed by atoms with E-state index in [1.807, 2.05) is 60.0 Å². The van der Waals surface area contributed by atoms with E-state index in [0.29, 0.717) is 23.3 Å². The summed E-state index contributed by atoms with van der Waals surface area (Å²) in [6, 6.07) is 17.5. The normalized spacial score (nSPS) is 24.7. The Balaban J connectivity index is 1.33. The van der Waals surface area contributed by atoms with Gasteiger partial charge in [0, 0.05) is 60.4 Å². The average molecular weight is 563 g/mol. The number of nitrogens with two attached hydrogens (primary N) is 1. The van der Waals surface area contributed by atoms with Gasteiger partial charge in [-0.3, -0.25) is 9.69 Å². The quantitative estimate of drug-likeness (QED) is 0.390. The summed E-state index contributed by atoms with van der Waals surface area (Å²) >= 11 is 12.9. The molecule has 7 rings (SSSR count). The second-order valence-corrected chi connectivity index (χ2v) is 11.5. The minimum absolute atomic E-state index is 0.172. The third-order valence-corrected chi connectivity index (χ3v) is 9.14. The fraction of sp³-hybridized carbons (Fsp3) is 0.345. The summed E-state index contributed by atoms with van der Waals surface area (Å²) in [5, 5.41) is 6.39. The second-order valence-electron chi connectivity index (χ2n) is 10.6. The zero-order valence-electron chi connectivity index (χ0n) is 21.5. The first-order chi connectivity index (χ1) is 18.9. The van der Waals surface area contributed by atoms with Crippen LogP contribution in [-0.4, -0.2) is 70.3 Å². The smallest absolute Gasteiger partial charge is 0.238 e. The van der Waals surface area contributed by atoms with Crippen molar-refractivity contribution in [3.63, 3.8) is 0 Å². The molecule has 3 aliphatic rings. The highest BCUT2D eigenvalue weighted by atomic mass is 35.5. The van der Waals surface area contributed by atoms with Crippen LogP contribution in [0, 0.1) is 18.8 Å². The SMILES string of the molecule is Cc1cc(N2C[C@@H]3[C@H](C2)[C@]3(C(N)=O)N2CCOCC2)n2nc(-c3ccccc3Cl)c(-c3ccc(Cl)cc3)c2n1. The molecule has 3 fully saturated rings. The van der Waals surface area contributed by atoms with Gasteiger partial charge in [0.2, 0.25) is 5.91 Å². The molecule has 2 saturated heterocycles. The zero-order chi connectivity index (χ0) is 26.9. The van der Waals surface area contributed by atoms with Gasteiger partial charge in [0.1, 0.15) is 17.1 Å². The van der Waals surface area contributed by atoms with Crippen LogP contribution in [0.25, 0.3) is 28.0 Å². The van der Waals surface area contributed by atoms with Crippen molar-refractivity contribution in [2.45, 2.75) is 12.5 Å². The Bertz CT molecular complexity index is 1590. The lowest BCUT2D eigenvalue weighted by molar-refractivity contribution is -0.128. The Morgan fingerprint density at radius 2 is 1.74 bits per heavy atom. The predicted octanol–water partition coefficient (Wildman–Crippen LogP) is 4.30. The van der Waals surface area contributed by atoms with E-state index in [2.05, 4.69) is 15.9 Å². The fourth-order valence-corrected chi connectivity index (χ4v) is 7.13. The van der Waals surface area contributed by atoms with E-state index in [1.165, 1.54) is 0 Å². The van der Waals surface area contributed by atoms with Gasteiger partial charge in [-0.15, -0.1) is 0 Å². The number of carbonyl (C=O) groups excluding carboxylic acids is 1. The highest BCUT2D eigenvalue weighted by molar-refractivity contribution is 6.33. The van der Waals surface area contributed by atoms with E-state index in [9.17, 15) is 4.79 Å². The maximum atomic E-state index is 12.8. The number of hydrogen-bond acceptors (Lipinski definition) is 6. The van der Waals surface area contributed by atoms with Gasteiger partial charge in [0.05, 0.1) is 23.8 Å². The maximum Gasteiger partial charge on any atom is 0.238 e. The number of rotatable bonds is 5. The number of primary amides is 1. The van der Waals surface area contributed by atoms with E-state index in [0.717, 1.165) is 65.7 Å². The van der Waals surface area contributed by atoms with Gasteiger partial charge in [-0.05, 0) is 30.7 Å². The molecule has 2 aromatic carbocycles. The molecule has 2 N–H and O–H groups in total. The van der Waals surface area contributed by atoms with Crippen LogP contribution in [0.3, 0.4) is 0 Å². The van der Waals surface area contributed by atoms with Gasteiger partial charge in [0.25, 0.3) is 0 Å². The number of hydrogen-bond donors (Lipinski definition) is 1. The summed E-state index contributed by atoms with van der Waals surface area (Å²) < 4.78 is 7.46. The monoisotopic (exact) mass is 562 g/mol. The Morgan fingerprint density at radius 1 is 1.05 bits per heavy atom. The van der Waals surface area contributed by atoms with Gasteiger partial charge in [0.15, 0.2) is 5.65 Å². The maximum absolute atomic E-state index is 12.8. The molecule has 0 unspecified atom stereocenters. The Labute approximate surface area is 236 Å². The molecule has 8 nitrogen and oxygen atoms in total. The summed E-state index contributed by atoms with van der Waals surface area (Å²) in [4.78, 5) is 22.3. The second kappa shape index (κ2) is 9.20. The topological polar surface area (TPSA) is 89.0 Å². The van der Waals surface area contributed by atoms with Crippen LogP contribution in [0.4, 0.5) is 5.82 Å². The molecule has 200 valence electrons. The highest BCUT2D eigenvalue weighted by Crippen LogP contribution is 2.59. The minimum Gasteiger partial charge on any atom is -0.379 e. The van der Waals surface area contributed by atoms with Gasteiger partial charge < -0.3 is 15.4 Å². The van der Waals surface area contributed by atoms with Crippen LogP contribution in [0.2, 0.25) is 10.0 Å². The van der Waals surface area contributed by atoms with Gasteiger partial charge >= 0.3 is 0 Å². The number of carbonyl (C=O) groups is 1. The molecule has 39 heavy (non-hydrogen) atoms. The van der Waals surface area contributed by atoms with Crippen molar-refractivity contribution in [2.24, 2.45) is 17.6 Å². The van der Waals surface area contributed by atoms with E-state index in [1.54, 1.807) is 0 Å². The molecule has 1 amide bonds.